The smallest absolute Gasteiger partial charge is 0.240 e. The van der Waals surface area contributed by atoms with Gasteiger partial charge in [-0.15, -0.1) is 12.4 Å². The minimum atomic E-state index is -0.536. The Morgan fingerprint density at radius 3 is 2.83 bits per heavy atom. The standard InChI is InChI=1S/C12H15N3O2.ClH/c1-7(13)12(17)14-9-3-4-10-8(6-9)2-5-11(16)15-10;/h3-4,6-7H,2,5,13H2,1H3,(H,14,17)(H,15,16);1H. The van der Waals surface area contributed by atoms with Gasteiger partial charge in [-0.05, 0) is 37.1 Å². The number of benzene rings is 1. The normalized spacial score (nSPS) is 14.9. The van der Waals surface area contributed by atoms with Crippen molar-refractivity contribution < 1.29 is 9.59 Å². The second-order valence-electron chi connectivity index (χ2n) is 4.20. The fourth-order valence-corrected chi connectivity index (χ4v) is 1.72. The van der Waals surface area contributed by atoms with Gasteiger partial charge in [-0.25, -0.2) is 0 Å². The summed E-state index contributed by atoms with van der Waals surface area (Å²) in [6.07, 6.45) is 1.18. The van der Waals surface area contributed by atoms with E-state index in [1.54, 1.807) is 19.1 Å². The second-order valence-corrected chi connectivity index (χ2v) is 4.20. The number of amides is 2. The molecule has 4 N–H and O–H groups in total. The molecule has 18 heavy (non-hydrogen) atoms. The SMILES string of the molecule is CC(N)C(=O)Nc1ccc2c(c1)CCC(=O)N2.Cl. The molecule has 0 spiro atoms. The van der Waals surface area contributed by atoms with Crippen LogP contribution in [0.3, 0.4) is 0 Å². The quantitative estimate of drug-likeness (QED) is 0.756. The van der Waals surface area contributed by atoms with Crippen LogP contribution in [0.4, 0.5) is 11.4 Å². The van der Waals surface area contributed by atoms with Gasteiger partial charge >= 0.3 is 0 Å². The molecule has 1 atom stereocenters. The third-order valence-corrected chi connectivity index (χ3v) is 2.68. The Hall–Kier alpha value is -1.59. The van der Waals surface area contributed by atoms with E-state index in [9.17, 15) is 9.59 Å². The minimum absolute atomic E-state index is 0. The average molecular weight is 270 g/mol. The number of carbonyl (C=O) groups excluding carboxylic acids is 2. The van der Waals surface area contributed by atoms with Gasteiger partial charge in [-0.2, -0.15) is 0 Å². The molecule has 0 bridgehead atoms. The Balaban J connectivity index is 0.00000162. The highest BCUT2D eigenvalue weighted by Gasteiger charge is 2.15. The van der Waals surface area contributed by atoms with Gasteiger partial charge in [-0.1, -0.05) is 0 Å². The van der Waals surface area contributed by atoms with Crippen LogP contribution in [-0.2, 0) is 16.0 Å². The molecule has 0 radical (unpaired) electrons. The molecule has 1 aromatic carbocycles. The maximum atomic E-state index is 11.4. The van der Waals surface area contributed by atoms with E-state index in [1.807, 2.05) is 6.07 Å². The van der Waals surface area contributed by atoms with Crippen LogP contribution in [0.5, 0.6) is 0 Å². The fourth-order valence-electron chi connectivity index (χ4n) is 1.72. The molecule has 6 heteroatoms. The highest BCUT2D eigenvalue weighted by molar-refractivity contribution is 5.96. The van der Waals surface area contributed by atoms with Gasteiger partial charge in [0.25, 0.3) is 0 Å². The molecule has 0 aliphatic carbocycles. The van der Waals surface area contributed by atoms with E-state index in [-0.39, 0.29) is 24.2 Å². The van der Waals surface area contributed by atoms with Crippen molar-refractivity contribution in [1.29, 1.82) is 0 Å². The summed E-state index contributed by atoms with van der Waals surface area (Å²) in [6, 6.07) is 4.88. The zero-order chi connectivity index (χ0) is 12.4. The number of anilines is 2. The lowest BCUT2D eigenvalue weighted by Crippen LogP contribution is -2.32. The number of nitrogens with one attached hydrogen (secondary N) is 2. The molecule has 0 aromatic heterocycles. The van der Waals surface area contributed by atoms with Gasteiger partial charge in [0.05, 0.1) is 6.04 Å². The van der Waals surface area contributed by atoms with Crippen molar-refractivity contribution in [2.45, 2.75) is 25.8 Å². The van der Waals surface area contributed by atoms with E-state index in [0.29, 0.717) is 18.5 Å². The molecule has 98 valence electrons. The van der Waals surface area contributed by atoms with Crippen LogP contribution in [0.1, 0.15) is 18.9 Å². The molecule has 2 rings (SSSR count). The van der Waals surface area contributed by atoms with E-state index in [4.69, 9.17) is 5.73 Å². The summed E-state index contributed by atoms with van der Waals surface area (Å²) >= 11 is 0. The van der Waals surface area contributed by atoms with Crippen molar-refractivity contribution in [3.8, 4) is 0 Å². The molecule has 5 nitrogen and oxygen atoms in total. The van der Waals surface area contributed by atoms with Gasteiger partial charge in [0, 0.05) is 17.8 Å². The van der Waals surface area contributed by atoms with E-state index in [1.165, 1.54) is 0 Å². The highest BCUT2D eigenvalue weighted by Crippen LogP contribution is 2.25. The van der Waals surface area contributed by atoms with Crippen LogP contribution >= 0.6 is 12.4 Å². The summed E-state index contributed by atoms with van der Waals surface area (Å²) in [5.74, 6) is -0.185. The molecule has 1 aromatic rings. The first-order chi connectivity index (χ1) is 8.06. The van der Waals surface area contributed by atoms with Gasteiger partial charge in [0.15, 0.2) is 0 Å². The zero-order valence-corrected chi connectivity index (χ0v) is 10.8. The van der Waals surface area contributed by atoms with Crippen LogP contribution in [0.2, 0.25) is 0 Å². The van der Waals surface area contributed by atoms with Crippen molar-refractivity contribution in [2.75, 3.05) is 10.6 Å². The maximum Gasteiger partial charge on any atom is 0.240 e. The fraction of sp³-hybridized carbons (Fsp3) is 0.333. The number of nitrogens with two attached hydrogens (primary N) is 1. The average Bonchev–Trinajstić information content (AvgIpc) is 2.29. The Morgan fingerprint density at radius 1 is 1.44 bits per heavy atom. The van der Waals surface area contributed by atoms with Crippen molar-refractivity contribution in [1.82, 2.24) is 0 Å². The molecule has 0 saturated heterocycles. The topological polar surface area (TPSA) is 84.2 Å². The zero-order valence-electron chi connectivity index (χ0n) is 10.0. The van der Waals surface area contributed by atoms with Crippen molar-refractivity contribution in [2.24, 2.45) is 5.73 Å². The Kier molecular flexibility index (Phi) is 4.69. The first-order valence-corrected chi connectivity index (χ1v) is 5.55. The van der Waals surface area contributed by atoms with Gasteiger partial charge in [-0.3, -0.25) is 9.59 Å². The summed E-state index contributed by atoms with van der Waals surface area (Å²) in [6.45, 7) is 1.63. The van der Waals surface area contributed by atoms with Gasteiger partial charge in [0.1, 0.15) is 0 Å². The van der Waals surface area contributed by atoms with Crippen LogP contribution in [0, 0.1) is 0 Å². The number of halogens is 1. The first kappa shape index (κ1) is 14.5. The van der Waals surface area contributed by atoms with Crippen molar-refractivity contribution >= 4 is 35.6 Å². The second kappa shape index (κ2) is 5.84. The summed E-state index contributed by atoms with van der Waals surface area (Å²) in [5.41, 5.74) is 8.03. The number of hydrogen-bond donors (Lipinski definition) is 3. The molecular weight excluding hydrogens is 254 g/mol. The lowest BCUT2D eigenvalue weighted by Gasteiger charge is -2.18. The van der Waals surface area contributed by atoms with Crippen LogP contribution in [0.25, 0.3) is 0 Å². The highest BCUT2D eigenvalue weighted by atomic mass is 35.5. The van der Waals surface area contributed by atoms with Crippen LogP contribution in [-0.4, -0.2) is 17.9 Å². The Morgan fingerprint density at radius 2 is 2.17 bits per heavy atom. The summed E-state index contributed by atoms with van der Waals surface area (Å²) in [4.78, 5) is 22.6. The third-order valence-electron chi connectivity index (χ3n) is 2.68. The van der Waals surface area contributed by atoms with E-state index >= 15 is 0 Å². The molecule has 1 aliphatic heterocycles. The van der Waals surface area contributed by atoms with Crippen molar-refractivity contribution in [3.05, 3.63) is 23.8 Å². The number of hydrogen-bond acceptors (Lipinski definition) is 3. The number of rotatable bonds is 2. The van der Waals surface area contributed by atoms with Gasteiger partial charge < -0.3 is 16.4 Å². The van der Waals surface area contributed by atoms with Crippen molar-refractivity contribution in [3.63, 3.8) is 0 Å². The minimum Gasteiger partial charge on any atom is -0.326 e. The third kappa shape index (κ3) is 3.21. The van der Waals surface area contributed by atoms with E-state index in [2.05, 4.69) is 10.6 Å². The van der Waals surface area contributed by atoms with Crippen LogP contribution in [0.15, 0.2) is 18.2 Å². The predicted octanol–water partition coefficient (Wildman–Crippen LogP) is 1.28. The Bertz CT molecular complexity index is 474. The number of aryl methyl sites for hydroxylation is 1. The summed E-state index contributed by atoms with van der Waals surface area (Å²) in [7, 11) is 0. The Labute approximate surface area is 112 Å². The van der Waals surface area contributed by atoms with Gasteiger partial charge in [0.2, 0.25) is 11.8 Å². The summed E-state index contributed by atoms with van der Waals surface area (Å²) < 4.78 is 0. The van der Waals surface area contributed by atoms with E-state index in [0.717, 1.165) is 11.3 Å². The molecule has 2 amide bonds. The number of fused-ring (bicyclic) bond motifs is 1. The monoisotopic (exact) mass is 269 g/mol. The lowest BCUT2D eigenvalue weighted by atomic mass is 10.0. The van der Waals surface area contributed by atoms with E-state index < -0.39 is 6.04 Å². The predicted molar refractivity (Wildman–Crippen MR) is 72.9 cm³/mol. The molecule has 0 saturated carbocycles. The van der Waals surface area contributed by atoms with Crippen LogP contribution < -0.4 is 16.4 Å². The lowest BCUT2D eigenvalue weighted by molar-refractivity contribution is -0.117. The largest absolute Gasteiger partial charge is 0.326 e. The molecule has 1 unspecified atom stereocenters. The molecule has 1 aliphatic rings. The molecular formula is C12H16ClN3O2. The maximum absolute atomic E-state index is 11.4. The first-order valence-electron chi connectivity index (χ1n) is 5.55. The molecule has 0 fully saturated rings. The summed E-state index contributed by atoms with van der Waals surface area (Å²) in [5, 5.41) is 5.51. The molecule has 1 heterocycles. The number of carbonyl (C=O) groups is 2.